The van der Waals surface area contributed by atoms with Crippen molar-refractivity contribution in [2.24, 2.45) is 5.73 Å². The highest BCUT2D eigenvalue weighted by molar-refractivity contribution is 5.41. The van der Waals surface area contributed by atoms with E-state index in [1.54, 1.807) is 0 Å². The van der Waals surface area contributed by atoms with Crippen LogP contribution in [0.2, 0.25) is 0 Å². The van der Waals surface area contributed by atoms with Crippen LogP contribution in [-0.4, -0.2) is 37.2 Å². The lowest BCUT2D eigenvalue weighted by Crippen LogP contribution is -2.46. The van der Waals surface area contributed by atoms with Crippen molar-refractivity contribution in [2.45, 2.75) is 44.0 Å². The zero-order valence-electron chi connectivity index (χ0n) is 15.4. The predicted octanol–water partition coefficient (Wildman–Crippen LogP) is 4.53. The summed E-state index contributed by atoms with van der Waals surface area (Å²) >= 11 is 0. The summed E-state index contributed by atoms with van der Waals surface area (Å²) in [6, 6.07) is -2.65. The first-order chi connectivity index (χ1) is 13.6. The Balaban J connectivity index is 2.38. The smallest absolute Gasteiger partial charge is 0.400 e. The molecular weight excluding hydrogens is 429 g/mol. The number of nitrogens with two attached hydrogens (primary N) is 1. The normalized spacial score (nSPS) is 24.7. The van der Waals surface area contributed by atoms with Crippen molar-refractivity contribution in [3.8, 4) is 0 Å². The summed E-state index contributed by atoms with van der Waals surface area (Å²) in [5, 5.41) is 5.16. The summed E-state index contributed by atoms with van der Waals surface area (Å²) < 4.78 is 118. The lowest BCUT2D eigenvalue weighted by atomic mass is 9.94. The average molecular weight is 447 g/mol. The van der Waals surface area contributed by atoms with Gasteiger partial charge in [-0.05, 0) is 31.6 Å². The highest BCUT2D eigenvalue weighted by Gasteiger charge is 2.40. The molecule has 0 amide bonds. The highest BCUT2D eigenvalue weighted by Crippen LogP contribution is 2.35. The maximum Gasteiger partial charge on any atom is 0.416 e. The summed E-state index contributed by atoms with van der Waals surface area (Å²) in [6.45, 7) is 0.844. The first-order valence-electron chi connectivity index (χ1n) is 8.60. The van der Waals surface area contributed by atoms with Gasteiger partial charge < -0.3 is 16.4 Å². The molecule has 0 fully saturated rings. The fourth-order valence-electron chi connectivity index (χ4n) is 2.96. The fraction of sp³-hybridized carbons (Fsp3) is 0.444. The van der Waals surface area contributed by atoms with Crippen molar-refractivity contribution in [2.75, 3.05) is 6.54 Å². The van der Waals surface area contributed by atoms with Crippen molar-refractivity contribution in [1.29, 1.82) is 0 Å². The Morgan fingerprint density at radius 2 is 1.70 bits per heavy atom. The second kappa shape index (κ2) is 8.40. The molecule has 4 N–H and O–H groups in total. The Hall–Kier alpha value is -2.37. The van der Waals surface area contributed by atoms with E-state index >= 15 is 0 Å². The molecule has 0 radical (unpaired) electrons. The van der Waals surface area contributed by atoms with Crippen LogP contribution in [0.1, 0.15) is 13.3 Å². The van der Waals surface area contributed by atoms with E-state index in [4.69, 9.17) is 5.73 Å². The van der Waals surface area contributed by atoms with E-state index in [0.717, 1.165) is 13.0 Å². The molecule has 2 aliphatic heterocycles. The van der Waals surface area contributed by atoms with Crippen LogP contribution in [0.4, 0.5) is 39.5 Å². The molecule has 3 nitrogen and oxygen atoms in total. The zero-order chi connectivity index (χ0) is 22.9. The third-order valence-electron chi connectivity index (χ3n) is 4.50. The molecule has 12 heteroatoms. The number of nitrogens with one attached hydrogen (secondary N) is 2. The molecule has 0 aromatic rings. The molecule has 0 spiro atoms. The molecule has 2 heterocycles. The number of rotatable bonds is 3. The Kier molecular flexibility index (Phi) is 6.69. The number of allylic oxidation sites excluding steroid dienone is 5. The third kappa shape index (κ3) is 5.83. The summed E-state index contributed by atoms with van der Waals surface area (Å²) in [7, 11) is 0. The predicted molar refractivity (Wildman–Crippen MR) is 91.8 cm³/mol. The molecule has 0 aromatic carbocycles. The molecule has 2 rings (SSSR count). The van der Waals surface area contributed by atoms with E-state index in [-0.39, 0.29) is 12.2 Å². The minimum atomic E-state index is -4.88. The first kappa shape index (κ1) is 23.9. The van der Waals surface area contributed by atoms with Crippen LogP contribution in [0.15, 0.2) is 58.5 Å². The molecule has 30 heavy (non-hydrogen) atoms. The monoisotopic (exact) mass is 447 g/mol. The first-order valence-corrected chi connectivity index (χ1v) is 8.60. The van der Waals surface area contributed by atoms with Crippen molar-refractivity contribution in [3.63, 3.8) is 0 Å². The van der Waals surface area contributed by atoms with Gasteiger partial charge in [-0.15, -0.1) is 0 Å². The summed E-state index contributed by atoms with van der Waals surface area (Å²) in [5.41, 5.74) is 1.49. The molecule has 0 aliphatic carbocycles. The molecule has 2 atom stereocenters. The van der Waals surface area contributed by atoms with Crippen molar-refractivity contribution in [1.82, 2.24) is 10.6 Å². The SMILES string of the molecule is C/C=C(\C=C(/N)C1C=C(C(F)(F)F)C=C(C2CC(C(F)(F)F)=CCN2)N1)C(F)(F)F. The van der Waals surface area contributed by atoms with Gasteiger partial charge in [0.25, 0.3) is 0 Å². The van der Waals surface area contributed by atoms with E-state index in [1.165, 1.54) is 0 Å². The Labute approximate surface area is 165 Å². The standard InChI is InChI=1S/C18H18F9N3/c1-2-9(16(19,20)21)5-12(28)13-7-11(18(25,26)27)8-15(30-13)14-6-10(3-4-29-14)17(22,23)24/h2-3,5,7-8,13-14,29-30H,4,6,28H2,1H3/b9-2+,12-5-. The maximum atomic E-state index is 13.3. The van der Waals surface area contributed by atoms with Crippen molar-refractivity contribution in [3.05, 3.63) is 58.5 Å². The lowest BCUT2D eigenvalue weighted by Gasteiger charge is -2.33. The van der Waals surface area contributed by atoms with Crippen LogP contribution in [0.3, 0.4) is 0 Å². The Morgan fingerprint density at radius 1 is 1.07 bits per heavy atom. The fourth-order valence-corrected chi connectivity index (χ4v) is 2.96. The lowest BCUT2D eigenvalue weighted by molar-refractivity contribution is -0.0958. The summed E-state index contributed by atoms with van der Waals surface area (Å²) in [4.78, 5) is 0. The van der Waals surface area contributed by atoms with Gasteiger partial charge in [-0.25, -0.2) is 0 Å². The van der Waals surface area contributed by atoms with Gasteiger partial charge in [0.15, 0.2) is 0 Å². The Morgan fingerprint density at radius 3 is 2.20 bits per heavy atom. The number of halogens is 9. The van der Waals surface area contributed by atoms with Gasteiger partial charge in [-0.3, -0.25) is 0 Å². The molecule has 0 saturated heterocycles. The number of dihydropyridines is 1. The maximum absolute atomic E-state index is 13.3. The van der Waals surface area contributed by atoms with Gasteiger partial charge in [-0.2, -0.15) is 39.5 Å². The van der Waals surface area contributed by atoms with Gasteiger partial charge in [0.1, 0.15) is 0 Å². The average Bonchev–Trinajstić information content (AvgIpc) is 2.63. The minimum absolute atomic E-state index is 0.240. The van der Waals surface area contributed by atoms with E-state index in [0.29, 0.717) is 24.3 Å². The third-order valence-corrected chi connectivity index (χ3v) is 4.50. The van der Waals surface area contributed by atoms with Gasteiger partial charge in [0.2, 0.25) is 0 Å². The van der Waals surface area contributed by atoms with E-state index in [9.17, 15) is 39.5 Å². The van der Waals surface area contributed by atoms with Crippen LogP contribution in [0.5, 0.6) is 0 Å². The van der Waals surface area contributed by atoms with E-state index in [1.807, 2.05) is 0 Å². The highest BCUT2D eigenvalue weighted by atomic mass is 19.4. The number of hydrogen-bond acceptors (Lipinski definition) is 3. The second-order valence-corrected chi connectivity index (χ2v) is 6.62. The topological polar surface area (TPSA) is 50.1 Å². The Bertz CT molecular complexity index is 808. The van der Waals surface area contributed by atoms with Gasteiger partial charge >= 0.3 is 18.5 Å². The van der Waals surface area contributed by atoms with Crippen LogP contribution in [0, 0.1) is 0 Å². The molecule has 2 unspecified atom stereocenters. The number of alkyl halides is 9. The molecule has 0 bridgehead atoms. The van der Waals surface area contributed by atoms with Crippen molar-refractivity contribution < 1.29 is 39.5 Å². The molecule has 0 saturated carbocycles. The van der Waals surface area contributed by atoms with Crippen molar-refractivity contribution >= 4 is 0 Å². The van der Waals surface area contributed by atoms with Crippen LogP contribution >= 0.6 is 0 Å². The van der Waals surface area contributed by atoms with Crippen LogP contribution in [0.25, 0.3) is 0 Å². The van der Waals surface area contributed by atoms with E-state index < -0.39 is 59.4 Å². The largest absolute Gasteiger partial charge is 0.416 e. The van der Waals surface area contributed by atoms with Gasteiger partial charge in [0, 0.05) is 23.5 Å². The molecule has 168 valence electrons. The zero-order valence-corrected chi connectivity index (χ0v) is 15.4. The van der Waals surface area contributed by atoms with E-state index in [2.05, 4.69) is 10.6 Å². The summed E-state index contributed by atoms with van der Waals surface area (Å²) in [5.74, 6) is 0. The quantitative estimate of drug-likeness (QED) is 0.339. The summed E-state index contributed by atoms with van der Waals surface area (Å²) in [6.07, 6.45) is -11.7. The van der Waals surface area contributed by atoms with Gasteiger partial charge in [-0.1, -0.05) is 12.2 Å². The molecule has 0 aromatic heterocycles. The number of hydrogen-bond donors (Lipinski definition) is 3. The molecular formula is C18H18F9N3. The second-order valence-electron chi connectivity index (χ2n) is 6.62. The van der Waals surface area contributed by atoms with Gasteiger partial charge in [0.05, 0.1) is 23.2 Å². The van der Waals surface area contributed by atoms with Crippen LogP contribution < -0.4 is 16.4 Å². The minimum Gasteiger partial charge on any atom is -0.400 e. The van der Waals surface area contributed by atoms with Crippen LogP contribution in [-0.2, 0) is 0 Å². The molecule has 2 aliphatic rings.